The van der Waals surface area contributed by atoms with Crippen LogP contribution in [0, 0.1) is 18.3 Å². The summed E-state index contributed by atoms with van der Waals surface area (Å²) in [6.07, 6.45) is 6.29. The van der Waals surface area contributed by atoms with Crippen LogP contribution in [0.5, 0.6) is 0 Å². The van der Waals surface area contributed by atoms with Crippen LogP contribution in [0.4, 0.5) is 14.6 Å². The zero-order chi connectivity index (χ0) is 15.5. The lowest BCUT2D eigenvalue weighted by molar-refractivity contribution is -0.0794. The Morgan fingerprint density at radius 1 is 1.62 bits per heavy atom. The van der Waals surface area contributed by atoms with Crippen LogP contribution in [0.15, 0.2) is 18.3 Å². The molecule has 112 valence electrons. The summed E-state index contributed by atoms with van der Waals surface area (Å²) in [6.45, 7) is 2.17. The molecule has 1 atom stereocenters. The van der Waals surface area contributed by atoms with Crippen LogP contribution in [0.1, 0.15) is 30.1 Å². The van der Waals surface area contributed by atoms with Crippen molar-refractivity contribution in [2.45, 2.75) is 31.7 Å². The summed E-state index contributed by atoms with van der Waals surface area (Å²) in [5, 5.41) is 5.60. The van der Waals surface area contributed by atoms with Gasteiger partial charge in [-0.25, -0.2) is 13.8 Å². The van der Waals surface area contributed by atoms with Gasteiger partial charge in [-0.1, -0.05) is 0 Å². The van der Waals surface area contributed by atoms with Gasteiger partial charge in [0.05, 0.1) is 5.56 Å². The highest BCUT2D eigenvalue weighted by atomic mass is 19.3. The predicted octanol–water partition coefficient (Wildman–Crippen LogP) is 2.29. The number of carbonyl (C=O) groups excluding carboxylic acids is 1. The van der Waals surface area contributed by atoms with E-state index < -0.39 is 5.92 Å². The number of hydrogen-bond donors (Lipinski definition) is 2. The van der Waals surface area contributed by atoms with Crippen molar-refractivity contribution in [3.8, 4) is 12.3 Å². The maximum Gasteiger partial charge on any atom is 0.255 e. The quantitative estimate of drug-likeness (QED) is 0.819. The van der Waals surface area contributed by atoms with Crippen LogP contribution < -0.4 is 10.6 Å². The SMILES string of the molecule is C#CC(C)CNC(=O)c1cccnc1NC1CC(F)(F)C1. The summed E-state index contributed by atoms with van der Waals surface area (Å²) < 4.78 is 25.7. The van der Waals surface area contributed by atoms with Gasteiger partial charge in [-0.15, -0.1) is 12.3 Å². The second-order valence-corrected chi connectivity index (χ2v) is 5.28. The number of halogens is 2. The van der Waals surface area contributed by atoms with Crippen molar-refractivity contribution in [3.05, 3.63) is 23.9 Å². The number of hydrogen-bond acceptors (Lipinski definition) is 3. The van der Waals surface area contributed by atoms with Gasteiger partial charge in [0.2, 0.25) is 0 Å². The monoisotopic (exact) mass is 293 g/mol. The molecule has 2 N–H and O–H groups in total. The maximum absolute atomic E-state index is 12.8. The molecule has 2 rings (SSSR count). The number of anilines is 1. The highest BCUT2D eigenvalue weighted by molar-refractivity contribution is 5.98. The first kappa shape index (κ1) is 15.2. The van der Waals surface area contributed by atoms with Gasteiger partial charge in [0, 0.05) is 37.5 Å². The van der Waals surface area contributed by atoms with E-state index in [4.69, 9.17) is 6.42 Å². The predicted molar refractivity (Wildman–Crippen MR) is 76.2 cm³/mol. The van der Waals surface area contributed by atoms with Crippen molar-refractivity contribution in [2.24, 2.45) is 5.92 Å². The molecule has 1 aliphatic rings. The van der Waals surface area contributed by atoms with Crippen molar-refractivity contribution < 1.29 is 13.6 Å². The molecule has 1 saturated carbocycles. The molecule has 0 aromatic carbocycles. The highest BCUT2D eigenvalue weighted by Gasteiger charge is 2.45. The number of carbonyl (C=O) groups is 1. The average Bonchev–Trinajstić information content (AvgIpc) is 2.43. The summed E-state index contributed by atoms with van der Waals surface area (Å²) >= 11 is 0. The third-order valence-corrected chi connectivity index (χ3v) is 3.34. The second kappa shape index (κ2) is 6.08. The largest absolute Gasteiger partial charge is 0.366 e. The van der Waals surface area contributed by atoms with Gasteiger partial charge in [0.1, 0.15) is 5.82 Å². The molecule has 1 fully saturated rings. The number of aromatic nitrogens is 1. The van der Waals surface area contributed by atoms with E-state index >= 15 is 0 Å². The minimum Gasteiger partial charge on any atom is -0.366 e. The van der Waals surface area contributed by atoms with Gasteiger partial charge < -0.3 is 10.6 Å². The van der Waals surface area contributed by atoms with E-state index in [2.05, 4.69) is 21.5 Å². The zero-order valence-electron chi connectivity index (χ0n) is 11.7. The molecule has 0 aliphatic heterocycles. The Bertz CT molecular complexity index is 560. The Labute approximate surface area is 122 Å². The Balaban J connectivity index is 2.00. The number of rotatable bonds is 5. The van der Waals surface area contributed by atoms with E-state index in [0.717, 1.165) is 0 Å². The van der Waals surface area contributed by atoms with Crippen LogP contribution in [-0.2, 0) is 0 Å². The normalized spacial score (nSPS) is 18.2. The molecule has 0 radical (unpaired) electrons. The summed E-state index contributed by atoms with van der Waals surface area (Å²) in [4.78, 5) is 16.2. The van der Waals surface area contributed by atoms with E-state index in [0.29, 0.717) is 17.9 Å². The number of nitrogens with zero attached hydrogens (tertiary/aromatic N) is 1. The zero-order valence-corrected chi connectivity index (χ0v) is 11.7. The third-order valence-electron chi connectivity index (χ3n) is 3.34. The minimum atomic E-state index is -2.61. The van der Waals surface area contributed by atoms with Crippen molar-refractivity contribution in [2.75, 3.05) is 11.9 Å². The van der Waals surface area contributed by atoms with Crippen molar-refractivity contribution in [1.82, 2.24) is 10.3 Å². The van der Waals surface area contributed by atoms with Gasteiger partial charge in [-0.2, -0.15) is 0 Å². The Kier molecular flexibility index (Phi) is 4.41. The fourth-order valence-corrected chi connectivity index (χ4v) is 2.06. The number of pyridine rings is 1. The van der Waals surface area contributed by atoms with Gasteiger partial charge in [-0.05, 0) is 19.1 Å². The molecule has 6 heteroatoms. The molecule has 1 aliphatic carbocycles. The molecule has 0 saturated heterocycles. The van der Waals surface area contributed by atoms with E-state index in [1.54, 1.807) is 12.1 Å². The van der Waals surface area contributed by atoms with Crippen LogP contribution >= 0.6 is 0 Å². The van der Waals surface area contributed by atoms with Gasteiger partial charge in [-0.3, -0.25) is 4.79 Å². The number of terminal acetylenes is 1. The van der Waals surface area contributed by atoms with Gasteiger partial charge in [0.15, 0.2) is 0 Å². The third kappa shape index (κ3) is 3.91. The van der Waals surface area contributed by atoms with Crippen LogP contribution in [0.25, 0.3) is 0 Å². The summed E-state index contributed by atoms with van der Waals surface area (Å²) in [6, 6.07) is 2.87. The number of nitrogens with one attached hydrogen (secondary N) is 2. The molecule has 1 unspecified atom stereocenters. The smallest absolute Gasteiger partial charge is 0.255 e. The van der Waals surface area contributed by atoms with E-state index in [-0.39, 0.29) is 30.7 Å². The van der Waals surface area contributed by atoms with E-state index in [1.807, 2.05) is 6.92 Å². The number of amides is 1. The fourth-order valence-electron chi connectivity index (χ4n) is 2.06. The van der Waals surface area contributed by atoms with E-state index in [9.17, 15) is 13.6 Å². The lowest BCUT2D eigenvalue weighted by Gasteiger charge is -2.35. The Morgan fingerprint density at radius 3 is 2.95 bits per heavy atom. The van der Waals surface area contributed by atoms with E-state index in [1.165, 1.54) is 6.20 Å². The average molecular weight is 293 g/mol. The van der Waals surface area contributed by atoms with Crippen LogP contribution in [-0.4, -0.2) is 29.4 Å². The second-order valence-electron chi connectivity index (χ2n) is 5.28. The van der Waals surface area contributed by atoms with Crippen molar-refractivity contribution in [1.29, 1.82) is 0 Å². The molecular formula is C15H17F2N3O. The molecule has 0 spiro atoms. The first-order valence-corrected chi connectivity index (χ1v) is 6.75. The maximum atomic E-state index is 12.8. The van der Waals surface area contributed by atoms with Gasteiger partial charge >= 0.3 is 0 Å². The molecule has 1 aromatic heterocycles. The lowest BCUT2D eigenvalue weighted by Crippen LogP contribution is -2.44. The highest BCUT2D eigenvalue weighted by Crippen LogP contribution is 2.39. The molecule has 21 heavy (non-hydrogen) atoms. The number of alkyl halides is 2. The van der Waals surface area contributed by atoms with Gasteiger partial charge in [0.25, 0.3) is 11.8 Å². The fraction of sp³-hybridized carbons (Fsp3) is 0.467. The summed E-state index contributed by atoms with van der Waals surface area (Å²) in [5.74, 6) is -0.172. The molecule has 1 aromatic rings. The van der Waals surface area contributed by atoms with Crippen LogP contribution in [0.2, 0.25) is 0 Å². The van der Waals surface area contributed by atoms with Crippen molar-refractivity contribution in [3.63, 3.8) is 0 Å². The lowest BCUT2D eigenvalue weighted by atomic mass is 9.88. The molecule has 0 bridgehead atoms. The molecular weight excluding hydrogens is 276 g/mol. The standard InChI is InChI=1S/C15H17F2N3O/c1-3-10(2)9-19-14(21)12-5-4-6-18-13(12)20-11-7-15(16,17)8-11/h1,4-6,10-11H,7-9H2,2H3,(H,18,20)(H,19,21). The minimum absolute atomic E-state index is 0.0765. The first-order chi connectivity index (χ1) is 9.91. The first-order valence-electron chi connectivity index (χ1n) is 6.75. The van der Waals surface area contributed by atoms with Crippen LogP contribution in [0.3, 0.4) is 0 Å². The molecule has 1 amide bonds. The summed E-state index contributed by atoms with van der Waals surface area (Å²) in [7, 11) is 0. The molecule has 1 heterocycles. The topological polar surface area (TPSA) is 54.0 Å². The van der Waals surface area contributed by atoms with Crippen molar-refractivity contribution >= 4 is 11.7 Å². The molecule has 4 nitrogen and oxygen atoms in total. The Hall–Kier alpha value is -2.16. The summed E-state index contributed by atoms with van der Waals surface area (Å²) in [5.41, 5.74) is 0.330. The Morgan fingerprint density at radius 2 is 2.33 bits per heavy atom.